The van der Waals surface area contributed by atoms with Crippen LogP contribution in [0.2, 0.25) is 0 Å². The molecule has 3 aromatic rings. The van der Waals surface area contributed by atoms with Crippen LogP contribution in [0.15, 0.2) is 47.8 Å². The predicted molar refractivity (Wildman–Crippen MR) is 83.1 cm³/mol. The Morgan fingerprint density at radius 1 is 1.13 bits per heavy atom. The lowest BCUT2D eigenvalue weighted by Gasteiger charge is -2.00. The van der Waals surface area contributed by atoms with Gasteiger partial charge in [-0.2, -0.15) is 0 Å². The minimum Gasteiger partial charge on any atom is -0.258 e. The van der Waals surface area contributed by atoms with Crippen LogP contribution in [0.25, 0.3) is 11.3 Å². The SMILES string of the molecule is O=[N+]([O-])c1ccccc1[CH]c1nc(-c2ccc(F)c(F)c2)cs1. The Morgan fingerprint density at radius 2 is 1.91 bits per heavy atom. The lowest BCUT2D eigenvalue weighted by atomic mass is 10.1. The number of nitrogens with zero attached hydrogens (tertiary/aromatic N) is 2. The van der Waals surface area contributed by atoms with Crippen LogP contribution >= 0.6 is 11.3 Å². The van der Waals surface area contributed by atoms with Gasteiger partial charge in [0.1, 0.15) is 5.01 Å². The number of para-hydroxylation sites is 1. The third-order valence-corrected chi connectivity index (χ3v) is 3.94. The molecular formula is C16H9F2N2O2S. The van der Waals surface area contributed by atoms with Crippen molar-refractivity contribution in [3.05, 3.63) is 86.6 Å². The maximum absolute atomic E-state index is 13.3. The second-order valence-corrected chi connectivity index (χ2v) is 5.55. The fourth-order valence-electron chi connectivity index (χ4n) is 2.05. The van der Waals surface area contributed by atoms with Gasteiger partial charge in [-0.05, 0) is 18.2 Å². The van der Waals surface area contributed by atoms with Gasteiger partial charge < -0.3 is 0 Å². The third kappa shape index (κ3) is 3.24. The summed E-state index contributed by atoms with van der Waals surface area (Å²) < 4.78 is 26.2. The van der Waals surface area contributed by atoms with Crippen molar-refractivity contribution in [3.8, 4) is 11.3 Å². The molecule has 0 amide bonds. The quantitative estimate of drug-likeness (QED) is 0.519. The maximum atomic E-state index is 13.3. The summed E-state index contributed by atoms with van der Waals surface area (Å²) in [6.45, 7) is 0. The molecule has 115 valence electrons. The average Bonchev–Trinajstić information content (AvgIpc) is 2.99. The van der Waals surface area contributed by atoms with E-state index in [1.165, 1.54) is 23.5 Å². The van der Waals surface area contributed by atoms with Crippen molar-refractivity contribution in [2.24, 2.45) is 0 Å². The molecule has 0 saturated carbocycles. The van der Waals surface area contributed by atoms with E-state index in [1.54, 1.807) is 30.0 Å². The molecule has 0 fully saturated rings. The first-order valence-corrected chi connectivity index (χ1v) is 7.41. The van der Waals surface area contributed by atoms with Crippen molar-refractivity contribution < 1.29 is 13.7 Å². The largest absolute Gasteiger partial charge is 0.273 e. The molecule has 0 aliphatic carbocycles. The highest BCUT2D eigenvalue weighted by Gasteiger charge is 2.15. The van der Waals surface area contributed by atoms with Crippen molar-refractivity contribution >= 4 is 17.0 Å². The molecule has 0 N–H and O–H groups in total. The summed E-state index contributed by atoms with van der Waals surface area (Å²) in [5.74, 6) is -1.87. The molecule has 0 bridgehead atoms. The Hall–Kier alpha value is -2.67. The van der Waals surface area contributed by atoms with Crippen LogP contribution in [0, 0.1) is 28.2 Å². The van der Waals surface area contributed by atoms with Gasteiger partial charge in [0.05, 0.1) is 17.0 Å². The summed E-state index contributed by atoms with van der Waals surface area (Å²) in [7, 11) is 0. The smallest absolute Gasteiger partial charge is 0.258 e. The number of hydrogen-bond acceptors (Lipinski definition) is 4. The predicted octanol–water partition coefficient (Wildman–Crippen LogP) is 4.60. The van der Waals surface area contributed by atoms with Gasteiger partial charge >= 0.3 is 0 Å². The van der Waals surface area contributed by atoms with Crippen molar-refractivity contribution in [2.75, 3.05) is 0 Å². The topological polar surface area (TPSA) is 56.0 Å². The number of nitro groups is 1. The van der Waals surface area contributed by atoms with Crippen LogP contribution in [0.5, 0.6) is 0 Å². The Bertz CT molecular complexity index is 880. The van der Waals surface area contributed by atoms with Gasteiger partial charge in [-0.3, -0.25) is 10.1 Å². The molecule has 4 nitrogen and oxygen atoms in total. The van der Waals surface area contributed by atoms with E-state index in [2.05, 4.69) is 4.98 Å². The van der Waals surface area contributed by atoms with Gasteiger partial charge in [0, 0.05) is 22.6 Å². The lowest BCUT2D eigenvalue weighted by Crippen LogP contribution is -1.94. The Morgan fingerprint density at radius 3 is 2.65 bits per heavy atom. The van der Waals surface area contributed by atoms with Gasteiger partial charge in [-0.1, -0.05) is 18.2 Å². The number of hydrogen-bond donors (Lipinski definition) is 0. The van der Waals surface area contributed by atoms with Gasteiger partial charge in [0.25, 0.3) is 5.69 Å². The summed E-state index contributed by atoms with van der Waals surface area (Å²) in [5.41, 5.74) is 1.35. The molecule has 1 heterocycles. The third-order valence-electron chi connectivity index (χ3n) is 3.15. The van der Waals surface area contributed by atoms with Crippen molar-refractivity contribution in [2.45, 2.75) is 0 Å². The first-order valence-electron chi connectivity index (χ1n) is 6.54. The van der Waals surface area contributed by atoms with E-state index in [1.807, 2.05) is 0 Å². The zero-order valence-electron chi connectivity index (χ0n) is 11.6. The molecule has 3 rings (SSSR count). The molecular weight excluding hydrogens is 322 g/mol. The second kappa shape index (κ2) is 6.21. The van der Waals surface area contributed by atoms with Crippen LogP contribution in [0.4, 0.5) is 14.5 Å². The zero-order valence-corrected chi connectivity index (χ0v) is 12.4. The Balaban J connectivity index is 1.88. The van der Waals surface area contributed by atoms with Crippen molar-refractivity contribution in [3.63, 3.8) is 0 Å². The van der Waals surface area contributed by atoms with E-state index >= 15 is 0 Å². The number of rotatable bonds is 4. The first kappa shape index (κ1) is 15.2. The Kier molecular flexibility index (Phi) is 4.12. The van der Waals surface area contributed by atoms with Crippen LogP contribution in [-0.4, -0.2) is 9.91 Å². The molecule has 1 aromatic heterocycles. The van der Waals surface area contributed by atoms with E-state index in [0.717, 1.165) is 12.1 Å². The maximum Gasteiger partial charge on any atom is 0.273 e. The molecule has 7 heteroatoms. The number of nitro benzene ring substituents is 1. The number of benzene rings is 2. The summed E-state index contributed by atoms with van der Waals surface area (Å²) in [6.07, 6.45) is 1.59. The summed E-state index contributed by atoms with van der Waals surface area (Å²) in [5, 5.41) is 13.2. The van der Waals surface area contributed by atoms with E-state index in [-0.39, 0.29) is 5.69 Å². The van der Waals surface area contributed by atoms with Crippen LogP contribution < -0.4 is 0 Å². The summed E-state index contributed by atoms with van der Waals surface area (Å²) >= 11 is 1.26. The van der Waals surface area contributed by atoms with Gasteiger partial charge in [0.2, 0.25) is 0 Å². The van der Waals surface area contributed by atoms with Crippen LogP contribution in [0.3, 0.4) is 0 Å². The molecule has 0 spiro atoms. The van der Waals surface area contributed by atoms with Gasteiger partial charge in [0.15, 0.2) is 11.6 Å². The minimum absolute atomic E-state index is 0.0166. The monoisotopic (exact) mass is 331 g/mol. The van der Waals surface area contributed by atoms with Crippen molar-refractivity contribution in [1.82, 2.24) is 4.98 Å². The molecule has 0 atom stereocenters. The number of thiazole rings is 1. The van der Waals surface area contributed by atoms with Crippen LogP contribution in [-0.2, 0) is 0 Å². The molecule has 0 saturated heterocycles. The average molecular weight is 331 g/mol. The van der Waals surface area contributed by atoms with E-state index in [0.29, 0.717) is 21.8 Å². The highest BCUT2D eigenvalue weighted by molar-refractivity contribution is 7.10. The standard InChI is InChI=1S/C16H9F2N2O2S/c17-12-6-5-10(7-13(12)18)14-9-23-16(19-14)8-11-3-1-2-4-15(11)20(21)22/h1-9H. The molecule has 0 aliphatic heterocycles. The Labute approximate surface area is 134 Å². The van der Waals surface area contributed by atoms with Gasteiger partial charge in [-0.25, -0.2) is 13.8 Å². The van der Waals surface area contributed by atoms with E-state index in [9.17, 15) is 18.9 Å². The molecule has 1 radical (unpaired) electrons. The van der Waals surface area contributed by atoms with E-state index in [4.69, 9.17) is 0 Å². The molecule has 23 heavy (non-hydrogen) atoms. The fourth-order valence-corrected chi connectivity index (χ4v) is 2.82. The molecule has 0 aliphatic rings. The first-order chi connectivity index (χ1) is 11.0. The van der Waals surface area contributed by atoms with E-state index < -0.39 is 16.6 Å². The lowest BCUT2D eigenvalue weighted by molar-refractivity contribution is -0.385. The summed E-state index contributed by atoms with van der Waals surface area (Å²) in [4.78, 5) is 14.8. The number of halogens is 2. The highest BCUT2D eigenvalue weighted by Crippen LogP contribution is 2.28. The number of aromatic nitrogens is 1. The van der Waals surface area contributed by atoms with Crippen LogP contribution in [0.1, 0.15) is 10.6 Å². The minimum atomic E-state index is -0.945. The summed E-state index contributed by atoms with van der Waals surface area (Å²) in [6, 6.07) is 9.86. The zero-order chi connectivity index (χ0) is 16.4. The van der Waals surface area contributed by atoms with Crippen molar-refractivity contribution in [1.29, 1.82) is 0 Å². The molecule has 2 aromatic carbocycles. The normalized spacial score (nSPS) is 10.7. The molecule has 0 unspecified atom stereocenters. The van der Waals surface area contributed by atoms with Gasteiger partial charge in [-0.15, -0.1) is 11.3 Å². The second-order valence-electron chi connectivity index (χ2n) is 4.66. The fraction of sp³-hybridized carbons (Fsp3) is 0. The highest BCUT2D eigenvalue weighted by atomic mass is 32.1.